The molecule has 0 radical (unpaired) electrons. The maximum Gasteiger partial charge on any atom is 0.316 e. The molecule has 2 aliphatic carbocycles. The molecule has 5 nitrogen and oxygen atoms in total. The van der Waals surface area contributed by atoms with Gasteiger partial charge in [0.05, 0.1) is 18.5 Å². The van der Waals surface area contributed by atoms with Crippen molar-refractivity contribution in [3.8, 4) is 0 Å². The number of carbonyl (C=O) groups excluding carboxylic acids is 1. The van der Waals surface area contributed by atoms with Crippen LogP contribution in [0.5, 0.6) is 0 Å². The number of aryl methyl sites for hydroxylation is 1. The molecular formula is C30H37N2O3+. The summed E-state index contributed by atoms with van der Waals surface area (Å²) in [4.78, 5) is 20.0. The lowest BCUT2D eigenvalue weighted by atomic mass is 9.66. The highest BCUT2D eigenvalue weighted by Gasteiger charge is 2.51. The van der Waals surface area contributed by atoms with Crippen LogP contribution in [0, 0.1) is 18.8 Å². The zero-order valence-corrected chi connectivity index (χ0v) is 20.8. The molecule has 5 heteroatoms. The number of aromatic nitrogens is 1. The Morgan fingerprint density at radius 2 is 1.91 bits per heavy atom. The van der Waals surface area contributed by atoms with Gasteiger partial charge in [0.2, 0.25) is 0 Å². The second-order valence-corrected chi connectivity index (χ2v) is 11.2. The van der Waals surface area contributed by atoms with E-state index in [1.54, 1.807) is 0 Å². The molecule has 1 aromatic heterocycles. The number of likely N-dealkylation sites (tertiary alicyclic amines) is 1. The van der Waals surface area contributed by atoms with E-state index in [4.69, 9.17) is 14.1 Å². The van der Waals surface area contributed by atoms with Crippen LogP contribution >= 0.6 is 0 Å². The van der Waals surface area contributed by atoms with Crippen molar-refractivity contribution in [2.75, 3.05) is 13.1 Å². The zero-order valence-electron chi connectivity index (χ0n) is 20.8. The first-order valence-electron chi connectivity index (χ1n) is 13.6. The van der Waals surface area contributed by atoms with Gasteiger partial charge in [-0.1, -0.05) is 62.1 Å². The van der Waals surface area contributed by atoms with Crippen molar-refractivity contribution in [1.29, 1.82) is 0 Å². The molecule has 0 bridgehead atoms. The summed E-state index contributed by atoms with van der Waals surface area (Å²) < 4.78 is 12.4. The van der Waals surface area contributed by atoms with E-state index < -0.39 is 5.41 Å². The van der Waals surface area contributed by atoms with Crippen LogP contribution < -0.4 is 4.90 Å². The molecule has 1 aliphatic heterocycles. The van der Waals surface area contributed by atoms with Crippen LogP contribution in [0.15, 0.2) is 52.9 Å². The topological polar surface area (TPSA) is 56.8 Å². The summed E-state index contributed by atoms with van der Waals surface area (Å²) >= 11 is 0. The average Bonchev–Trinajstić information content (AvgIpc) is 3.07. The fraction of sp³-hybridized carbons (Fsp3) is 0.533. The lowest BCUT2D eigenvalue weighted by Gasteiger charge is -2.48. The number of benzene rings is 2. The minimum absolute atomic E-state index is 0.0330. The van der Waals surface area contributed by atoms with Crippen LogP contribution in [0.25, 0.3) is 11.1 Å². The highest BCUT2D eigenvalue weighted by Crippen LogP contribution is 2.44. The molecule has 2 aromatic carbocycles. The minimum atomic E-state index is -0.458. The van der Waals surface area contributed by atoms with Crippen molar-refractivity contribution < 1.29 is 18.8 Å². The van der Waals surface area contributed by atoms with Crippen molar-refractivity contribution in [1.82, 2.24) is 4.98 Å². The highest BCUT2D eigenvalue weighted by atomic mass is 16.5. The summed E-state index contributed by atoms with van der Waals surface area (Å²) in [7, 11) is 0. The molecule has 35 heavy (non-hydrogen) atoms. The third kappa shape index (κ3) is 4.40. The number of nitrogens with zero attached hydrogens (tertiary/aromatic N) is 1. The van der Waals surface area contributed by atoms with Gasteiger partial charge in [-0.25, -0.2) is 4.98 Å². The quantitative estimate of drug-likeness (QED) is 0.429. The molecular weight excluding hydrogens is 436 g/mol. The number of rotatable bonds is 5. The van der Waals surface area contributed by atoms with E-state index in [9.17, 15) is 4.79 Å². The first kappa shape index (κ1) is 22.8. The van der Waals surface area contributed by atoms with Crippen molar-refractivity contribution in [2.45, 2.75) is 76.4 Å². The molecule has 2 heterocycles. The molecule has 3 fully saturated rings. The Morgan fingerprint density at radius 3 is 2.69 bits per heavy atom. The lowest BCUT2D eigenvalue weighted by Crippen LogP contribution is -3.13. The predicted molar refractivity (Wildman–Crippen MR) is 135 cm³/mol. The fourth-order valence-electron chi connectivity index (χ4n) is 6.87. The smallest absolute Gasteiger partial charge is 0.316 e. The molecule has 3 aromatic rings. The number of quaternary nitrogens is 1. The first-order chi connectivity index (χ1) is 17.1. The molecule has 0 amide bonds. The standard InChI is InChI=1S/C30H36N2O3/c1-21-11-12-25-27(17-21)34-28(31-25)20-32-16-13-24-22(19-32)18-26(24)35-29(33)30(14-7-2-3-8-15-30)23-9-5-4-6-10-23/h4-6,9-12,17,22,24,26H,2-3,7-8,13-16,18-20H2,1H3/p+1/t22?,24?,26-/m0/s1. The number of ether oxygens (including phenoxy) is 1. The van der Waals surface area contributed by atoms with E-state index in [0.29, 0.717) is 11.8 Å². The molecule has 1 saturated heterocycles. The third-order valence-electron chi connectivity index (χ3n) is 8.92. The van der Waals surface area contributed by atoms with Crippen LogP contribution in [0.3, 0.4) is 0 Å². The Balaban J connectivity index is 1.09. The summed E-state index contributed by atoms with van der Waals surface area (Å²) in [5.74, 6) is 2.00. The van der Waals surface area contributed by atoms with Gasteiger partial charge in [-0.3, -0.25) is 4.79 Å². The fourth-order valence-corrected chi connectivity index (χ4v) is 6.87. The normalized spacial score (nSPS) is 28.0. The van der Waals surface area contributed by atoms with Gasteiger partial charge in [0.15, 0.2) is 12.1 Å². The van der Waals surface area contributed by atoms with Gasteiger partial charge in [0.1, 0.15) is 11.6 Å². The monoisotopic (exact) mass is 473 g/mol. The lowest BCUT2D eigenvalue weighted by molar-refractivity contribution is -0.927. The zero-order chi connectivity index (χ0) is 23.8. The molecule has 2 saturated carbocycles. The van der Waals surface area contributed by atoms with Gasteiger partial charge >= 0.3 is 5.97 Å². The van der Waals surface area contributed by atoms with E-state index >= 15 is 0 Å². The number of hydrogen-bond acceptors (Lipinski definition) is 4. The summed E-state index contributed by atoms with van der Waals surface area (Å²) in [5.41, 5.74) is 3.72. The molecule has 3 unspecified atom stereocenters. The van der Waals surface area contributed by atoms with Crippen LogP contribution in [0.1, 0.15) is 68.4 Å². The molecule has 6 rings (SSSR count). The highest BCUT2D eigenvalue weighted by molar-refractivity contribution is 5.83. The number of fused-ring (bicyclic) bond motifs is 2. The largest absolute Gasteiger partial charge is 0.461 e. The van der Waals surface area contributed by atoms with E-state index in [1.165, 1.54) is 23.3 Å². The molecule has 1 N–H and O–H groups in total. The maximum absolute atomic E-state index is 13.7. The van der Waals surface area contributed by atoms with Gasteiger partial charge < -0.3 is 14.1 Å². The number of nitrogens with one attached hydrogen (secondary N) is 1. The average molecular weight is 474 g/mol. The molecule has 0 spiro atoms. The van der Waals surface area contributed by atoms with Gasteiger partial charge in [-0.15, -0.1) is 0 Å². The number of piperidine rings is 1. The van der Waals surface area contributed by atoms with E-state index in [2.05, 4.69) is 43.3 Å². The van der Waals surface area contributed by atoms with Gasteiger partial charge in [0.25, 0.3) is 5.89 Å². The third-order valence-corrected chi connectivity index (χ3v) is 8.92. The van der Waals surface area contributed by atoms with Crippen LogP contribution in [0.4, 0.5) is 0 Å². The maximum atomic E-state index is 13.7. The van der Waals surface area contributed by atoms with Crippen LogP contribution in [-0.2, 0) is 21.5 Å². The van der Waals surface area contributed by atoms with E-state index in [1.807, 2.05) is 12.1 Å². The summed E-state index contributed by atoms with van der Waals surface area (Å²) in [5, 5.41) is 0. The second kappa shape index (κ2) is 9.42. The van der Waals surface area contributed by atoms with Crippen LogP contribution in [0.2, 0.25) is 0 Å². The molecule has 4 atom stereocenters. The Morgan fingerprint density at radius 1 is 1.11 bits per heavy atom. The predicted octanol–water partition coefficient (Wildman–Crippen LogP) is 4.76. The van der Waals surface area contributed by atoms with Crippen molar-refractivity contribution in [3.63, 3.8) is 0 Å². The Hall–Kier alpha value is -2.66. The van der Waals surface area contributed by atoms with Gasteiger partial charge in [0, 0.05) is 18.3 Å². The molecule has 184 valence electrons. The van der Waals surface area contributed by atoms with Gasteiger partial charge in [-0.05, 0) is 49.4 Å². The summed E-state index contributed by atoms with van der Waals surface area (Å²) in [6, 6.07) is 16.6. The van der Waals surface area contributed by atoms with Crippen molar-refractivity contribution in [3.05, 3.63) is 65.5 Å². The molecule has 3 aliphatic rings. The number of carbonyl (C=O) groups is 1. The number of oxazole rings is 1. The summed E-state index contributed by atoms with van der Waals surface area (Å²) in [6.45, 7) is 5.10. The number of esters is 1. The number of hydrogen-bond donors (Lipinski definition) is 1. The second-order valence-electron chi connectivity index (χ2n) is 11.2. The van der Waals surface area contributed by atoms with E-state index in [-0.39, 0.29) is 12.1 Å². The van der Waals surface area contributed by atoms with Crippen molar-refractivity contribution in [2.24, 2.45) is 11.8 Å². The first-order valence-corrected chi connectivity index (χ1v) is 13.6. The van der Waals surface area contributed by atoms with Crippen molar-refractivity contribution >= 4 is 17.1 Å². The Bertz CT molecular complexity index is 1180. The summed E-state index contributed by atoms with van der Waals surface area (Å²) in [6.07, 6.45) is 8.67. The van der Waals surface area contributed by atoms with E-state index in [0.717, 1.165) is 80.7 Å². The Labute approximate surface area is 207 Å². The Kier molecular flexibility index (Phi) is 6.13. The minimum Gasteiger partial charge on any atom is -0.461 e. The van der Waals surface area contributed by atoms with Crippen LogP contribution in [-0.4, -0.2) is 30.1 Å². The SMILES string of the molecule is Cc1ccc2nc(C[NH+]3CCC4C(C[C@@H]4OC(=O)C4(c5ccccc5)CCCCCC4)C3)oc2c1. The van der Waals surface area contributed by atoms with Gasteiger partial charge in [-0.2, -0.15) is 0 Å².